The molecule has 1 saturated carbocycles. The van der Waals surface area contributed by atoms with Gasteiger partial charge in [0.25, 0.3) is 0 Å². The van der Waals surface area contributed by atoms with Gasteiger partial charge < -0.3 is 14.3 Å². The third kappa shape index (κ3) is 6.14. The first-order valence-corrected chi connectivity index (χ1v) is 21.9. The molecule has 6 atom stereocenters. The van der Waals surface area contributed by atoms with Gasteiger partial charge in [-0.05, 0) is 64.6 Å². The van der Waals surface area contributed by atoms with Gasteiger partial charge in [0.2, 0.25) is 5.88 Å². The number of piperidine rings is 1. The van der Waals surface area contributed by atoms with E-state index in [-0.39, 0.29) is 17.3 Å². The Labute approximate surface area is 361 Å². The minimum atomic E-state index is -0.468. The number of benzene rings is 6. The molecule has 2 aromatic heterocycles. The summed E-state index contributed by atoms with van der Waals surface area (Å²) in [5.41, 5.74) is 10.6. The van der Waals surface area contributed by atoms with E-state index in [9.17, 15) is 5.11 Å². The molecule has 0 bridgehead atoms. The summed E-state index contributed by atoms with van der Waals surface area (Å²) in [5, 5.41) is 12.2. The Kier molecular flexibility index (Phi) is 9.25. The van der Waals surface area contributed by atoms with E-state index in [1.54, 1.807) is 6.07 Å². The molecule has 61 heavy (non-hydrogen) atoms. The zero-order valence-corrected chi connectivity index (χ0v) is 34.8. The molecular weight excluding hydrogens is 772 g/mol. The van der Waals surface area contributed by atoms with Crippen molar-refractivity contribution >= 4 is 22.5 Å². The van der Waals surface area contributed by atoms with Crippen molar-refractivity contribution in [2.75, 3.05) is 6.54 Å². The minimum Gasteiger partial charge on any atom is -0.508 e. The number of hydrogen-bond acceptors (Lipinski definition) is 5. The maximum atomic E-state index is 11.0. The average Bonchev–Trinajstić information content (AvgIpc) is 3.95. The second-order valence-electron chi connectivity index (χ2n) is 17.1. The lowest BCUT2D eigenvalue weighted by atomic mass is 9.84. The van der Waals surface area contributed by atoms with E-state index in [1.807, 2.05) is 79.0 Å². The monoisotopic (exact) mass is 817 g/mol. The van der Waals surface area contributed by atoms with E-state index in [0.717, 1.165) is 58.0 Å². The Bertz CT molecular complexity index is 2900. The quantitative estimate of drug-likeness (QED) is 0.104. The molecule has 1 spiro atoms. The number of quaternary nitrogens is 1. The maximum Gasteiger partial charge on any atom is 0.227 e. The first-order chi connectivity index (χ1) is 30.0. The van der Waals surface area contributed by atoms with Crippen LogP contribution in [0, 0.1) is 11.8 Å². The second kappa shape index (κ2) is 15.0. The molecule has 8 aromatic rings. The van der Waals surface area contributed by atoms with Crippen LogP contribution in [0.3, 0.4) is 0 Å². The van der Waals surface area contributed by atoms with Crippen molar-refractivity contribution in [2.24, 2.45) is 11.8 Å². The van der Waals surface area contributed by atoms with Gasteiger partial charge in [0.1, 0.15) is 29.0 Å². The summed E-state index contributed by atoms with van der Waals surface area (Å²) in [6.45, 7) is 4.28. The fraction of sp³-hybridized carbons (Fsp3) is 0.204. The van der Waals surface area contributed by atoms with Crippen LogP contribution in [0.25, 0.3) is 55.7 Å². The van der Waals surface area contributed by atoms with Crippen LogP contribution in [-0.4, -0.2) is 42.7 Å². The van der Waals surface area contributed by atoms with E-state index >= 15 is 0 Å². The predicted molar refractivity (Wildman–Crippen MR) is 244 cm³/mol. The largest absolute Gasteiger partial charge is 0.508 e. The topological polar surface area (TPSA) is 68.1 Å². The molecule has 1 N–H and O–H groups in total. The summed E-state index contributed by atoms with van der Waals surface area (Å²) >= 11 is 7.25. The molecule has 0 amide bonds. The average molecular weight is 818 g/mol. The molecule has 7 heteroatoms. The number of rotatable bonds is 11. The molecule has 3 aliphatic rings. The third-order valence-electron chi connectivity index (χ3n) is 14.3. The molecule has 11 rings (SSSR count). The number of ether oxygens (including phenoxy) is 1. The zero-order valence-electron chi connectivity index (χ0n) is 34.0. The third-order valence-corrected chi connectivity index (χ3v) is 14.6. The van der Waals surface area contributed by atoms with Crippen LogP contribution in [0.5, 0.6) is 11.6 Å². The van der Waals surface area contributed by atoms with Crippen molar-refractivity contribution in [3.05, 3.63) is 186 Å². The Morgan fingerprint density at radius 3 is 2.08 bits per heavy atom. The van der Waals surface area contributed by atoms with E-state index in [4.69, 9.17) is 31.3 Å². The van der Waals surface area contributed by atoms with Crippen LogP contribution in [-0.2, 0) is 6.54 Å². The smallest absolute Gasteiger partial charge is 0.227 e. The summed E-state index contributed by atoms with van der Waals surface area (Å²) in [6, 6.07) is 56.2. The minimum absolute atomic E-state index is 0.0519. The van der Waals surface area contributed by atoms with Crippen LogP contribution in [0.4, 0.5) is 0 Å². The normalized spacial score (nSPS) is 22.8. The van der Waals surface area contributed by atoms with Crippen LogP contribution in [0.1, 0.15) is 43.4 Å². The SMILES string of the molecule is CCC1C2CC([C@@H](Oc3nc(-c4ccccc4)nc(Cl)c3-c3ccccc3)c3ccnc4ccc(O)cc34)[N+]3(Cc4cc(-c5ccccc5)ccc4-c4ccccc4)CCC123. The fourth-order valence-electron chi connectivity index (χ4n) is 11.6. The standard InChI is InChI=1S/C54H45ClN4O2/c1-2-45-46-33-48(59(30-28-54(45,46)59)34-40-31-39(35-15-7-3-8-16-35)23-25-42(40)36-17-9-4-10-18-36)50(43-27-29-56-47-26-24-41(60)32-44(43)47)61-53-49(37-19-11-5-12-20-37)51(55)57-52(58-53)38-21-13-6-14-22-38/h3-27,29,31-32,45-46,48,50H,2,28,30,33-34H2,1H3/p+1/t45?,46?,48?,50-,54?,59?/m0/s1. The van der Waals surface area contributed by atoms with Gasteiger partial charge in [-0.25, -0.2) is 4.98 Å². The van der Waals surface area contributed by atoms with E-state index < -0.39 is 6.10 Å². The molecule has 4 heterocycles. The first-order valence-electron chi connectivity index (χ1n) is 21.5. The lowest BCUT2D eigenvalue weighted by Crippen LogP contribution is -2.71. The number of nitrogens with zero attached hydrogens (tertiary/aromatic N) is 4. The van der Waals surface area contributed by atoms with Crippen molar-refractivity contribution in [3.8, 4) is 56.4 Å². The number of halogens is 1. The predicted octanol–water partition coefficient (Wildman–Crippen LogP) is 12.8. The molecule has 300 valence electrons. The number of hydrogen-bond donors (Lipinski definition) is 1. The summed E-state index contributed by atoms with van der Waals surface area (Å²) in [7, 11) is 0. The molecule has 2 aliphatic heterocycles. The highest BCUT2D eigenvalue weighted by Crippen LogP contribution is 2.76. The van der Waals surface area contributed by atoms with Gasteiger partial charge >= 0.3 is 0 Å². The number of pyridine rings is 1. The second-order valence-corrected chi connectivity index (χ2v) is 17.4. The number of fused-ring (bicyclic) bond motifs is 1. The van der Waals surface area contributed by atoms with Crippen molar-refractivity contribution in [3.63, 3.8) is 0 Å². The van der Waals surface area contributed by atoms with Crippen LogP contribution >= 0.6 is 11.6 Å². The van der Waals surface area contributed by atoms with Gasteiger partial charge in [-0.15, -0.1) is 0 Å². The van der Waals surface area contributed by atoms with Crippen molar-refractivity contribution in [1.82, 2.24) is 15.0 Å². The molecule has 2 saturated heterocycles. The van der Waals surface area contributed by atoms with E-state index in [0.29, 0.717) is 34.3 Å². The van der Waals surface area contributed by atoms with Gasteiger partial charge in [0, 0.05) is 46.5 Å². The lowest BCUT2D eigenvalue weighted by Gasteiger charge is -2.57. The zero-order chi connectivity index (χ0) is 41.1. The molecule has 0 radical (unpaired) electrons. The summed E-state index contributed by atoms with van der Waals surface area (Å²) in [4.78, 5) is 14.9. The van der Waals surface area contributed by atoms with E-state index in [1.165, 1.54) is 34.2 Å². The Hall–Kier alpha value is -6.34. The Morgan fingerprint density at radius 2 is 1.41 bits per heavy atom. The highest BCUT2D eigenvalue weighted by Gasteiger charge is 2.87. The maximum absolute atomic E-state index is 11.0. The highest BCUT2D eigenvalue weighted by molar-refractivity contribution is 6.32. The molecule has 1 aliphatic carbocycles. The highest BCUT2D eigenvalue weighted by atomic mass is 35.5. The molecule has 6 nitrogen and oxygen atoms in total. The van der Waals surface area contributed by atoms with Gasteiger partial charge in [-0.3, -0.25) is 4.98 Å². The van der Waals surface area contributed by atoms with Crippen molar-refractivity contribution in [2.45, 2.75) is 50.4 Å². The summed E-state index contributed by atoms with van der Waals surface area (Å²) in [6.07, 6.45) is 4.77. The fourth-order valence-corrected chi connectivity index (χ4v) is 11.9. The molecule has 6 aromatic carbocycles. The van der Waals surface area contributed by atoms with Gasteiger partial charge in [0.05, 0.1) is 24.0 Å². The number of phenols is 1. The van der Waals surface area contributed by atoms with Crippen molar-refractivity contribution in [1.29, 1.82) is 0 Å². The first kappa shape index (κ1) is 37.6. The number of aromatic hydroxyl groups is 1. The summed E-state index contributed by atoms with van der Waals surface area (Å²) in [5.74, 6) is 2.36. The molecule has 3 fully saturated rings. The van der Waals surface area contributed by atoms with Crippen molar-refractivity contribution < 1.29 is 14.3 Å². The van der Waals surface area contributed by atoms with Crippen LogP contribution < -0.4 is 4.74 Å². The Morgan fingerprint density at radius 1 is 0.738 bits per heavy atom. The van der Waals surface area contributed by atoms with Gasteiger partial charge in [-0.1, -0.05) is 152 Å². The lowest BCUT2D eigenvalue weighted by molar-refractivity contribution is -1.03. The number of phenolic OH excluding ortho intramolecular Hbond substituents is 1. The summed E-state index contributed by atoms with van der Waals surface area (Å²) < 4.78 is 8.58. The van der Waals surface area contributed by atoms with Crippen LogP contribution in [0.15, 0.2) is 170 Å². The van der Waals surface area contributed by atoms with Gasteiger partial charge in [0.15, 0.2) is 11.9 Å². The Balaban J connectivity index is 1.12. The molecular formula is C54H46ClN4O2+. The number of aromatic nitrogens is 3. The molecule has 5 unspecified atom stereocenters. The van der Waals surface area contributed by atoms with Crippen LogP contribution in [0.2, 0.25) is 5.15 Å². The van der Waals surface area contributed by atoms with Gasteiger partial charge in [-0.2, -0.15) is 4.98 Å². The van der Waals surface area contributed by atoms with E-state index in [2.05, 4.69) is 91.9 Å².